The van der Waals surface area contributed by atoms with Crippen LogP contribution >= 0.6 is 0 Å². The highest BCUT2D eigenvalue weighted by molar-refractivity contribution is 5.84. The Hall–Kier alpha value is -2.79. The maximum Gasteiger partial charge on any atom is 0.343 e. The minimum absolute atomic E-state index is 0.119. The first-order chi connectivity index (χ1) is 16.3. The zero-order chi connectivity index (χ0) is 24.4. The Bertz CT molecular complexity index is 1170. The quantitative estimate of drug-likeness (QED) is 0.300. The number of ether oxygens (including phenoxy) is 1. The van der Waals surface area contributed by atoms with Crippen LogP contribution in [0.5, 0.6) is 5.75 Å². The molecule has 0 amide bonds. The van der Waals surface area contributed by atoms with Gasteiger partial charge in [-0.25, -0.2) is 4.79 Å². The van der Waals surface area contributed by atoms with Crippen LogP contribution in [-0.4, -0.2) is 69.8 Å². The number of aliphatic hydroxyl groups is 3. The molecule has 9 heteroatoms. The molecule has 0 aliphatic carbocycles. The van der Waals surface area contributed by atoms with E-state index in [2.05, 4.69) is 0 Å². The molecule has 1 aromatic heterocycles. The zero-order valence-electron chi connectivity index (χ0n) is 18.9. The van der Waals surface area contributed by atoms with Gasteiger partial charge >= 0.3 is 5.63 Å². The lowest BCUT2D eigenvalue weighted by Crippen LogP contribution is -2.60. The Balaban J connectivity index is 1.72. The van der Waals surface area contributed by atoms with Gasteiger partial charge in [-0.1, -0.05) is 42.5 Å². The fourth-order valence-corrected chi connectivity index (χ4v) is 4.56. The summed E-state index contributed by atoms with van der Waals surface area (Å²) in [7, 11) is 1.41. The van der Waals surface area contributed by atoms with Crippen LogP contribution in [-0.2, 0) is 9.57 Å². The number of rotatable bonds is 7. The smallest absolute Gasteiger partial charge is 0.343 e. The van der Waals surface area contributed by atoms with Crippen LogP contribution in [0.4, 0.5) is 0 Å². The van der Waals surface area contributed by atoms with Crippen molar-refractivity contribution >= 4 is 11.0 Å². The summed E-state index contributed by atoms with van der Waals surface area (Å²) in [5.74, 6) is -0.727. The van der Waals surface area contributed by atoms with Gasteiger partial charge in [0.15, 0.2) is 6.23 Å². The number of hydrogen-bond acceptors (Lipinski definition) is 9. The van der Waals surface area contributed by atoms with Crippen molar-refractivity contribution in [2.45, 2.75) is 49.8 Å². The lowest BCUT2D eigenvalue weighted by atomic mass is 9.85. The van der Waals surface area contributed by atoms with E-state index in [1.165, 1.54) is 12.2 Å². The predicted molar refractivity (Wildman–Crippen MR) is 123 cm³/mol. The molecule has 9 nitrogen and oxygen atoms in total. The van der Waals surface area contributed by atoms with Crippen LogP contribution in [0.2, 0.25) is 0 Å². The van der Waals surface area contributed by atoms with E-state index in [0.717, 1.165) is 5.56 Å². The number of nitrogens with zero attached hydrogens (tertiary/aromatic N) is 1. The van der Waals surface area contributed by atoms with Gasteiger partial charge in [-0.05, 0) is 31.0 Å². The summed E-state index contributed by atoms with van der Waals surface area (Å²) in [5.41, 5.74) is 0.546. The molecule has 34 heavy (non-hydrogen) atoms. The van der Waals surface area contributed by atoms with Crippen molar-refractivity contribution in [3.8, 4) is 5.75 Å². The molecule has 2 aromatic carbocycles. The SMILES string of the molecule is CON(C(C)CC(c1ccccc1)c1c(O)c2ccccc2oc1=O)C1OC[C@@H](O)[C@H](O)[C@@H]1O. The number of hydroxylamine groups is 2. The van der Waals surface area contributed by atoms with Crippen molar-refractivity contribution in [1.29, 1.82) is 0 Å². The summed E-state index contributed by atoms with van der Waals surface area (Å²) < 4.78 is 11.1. The number of aromatic hydroxyl groups is 1. The largest absolute Gasteiger partial charge is 0.507 e. The number of hydrogen-bond donors (Lipinski definition) is 4. The molecule has 1 aliphatic heterocycles. The molecule has 0 spiro atoms. The van der Waals surface area contributed by atoms with E-state index in [9.17, 15) is 25.2 Å². The van der Waals surface area contributed by atoms with Gasteiger partial charge in [-0.3, -0.25) is 4.84 Å². The van der Waals surface area contributed by atoms with Crippen LogP contribution in [0.25, 0.3) is 11.0 Å². The van der Waals surface area contributed by atoms with E-state index < -0.39 is 42.1 Å². The second-order valence-corrected chi connectivity index (χ2v) is 8.51. The van der Waals surface area contributed by atoms with Gasteiger partial charge in [0.1, 0.15) is 29.6 Å². The van der Waals surface area contributed by atoms with Crippen molar-refractivity contribution in [2.24, 2.45) is 0 Å². The van der Waals surface area contributed by atoms with Crippen LogP contribution in [0.15, 0.2) is 63.8 Å². The summed E-state index contributed by atoms with van der Waals surface area (Å²) in [6, 6.07) is 15.6. The van der Waals surface area contributed by atoms with Crippen molar-refractivity contribution in [3.63, 3.8) is 0 Å². The molecule has 0 saturated carbocycles. The molecular formula is C25H29NO8. The van der Waals surface area contributed by atoms with Gasteiger partial charge in [-0.2, -0.15) is 5.06 Å². The van der Waals surface area contributed by atoms with Crippen LogP contribution in [0, 0.1) is 0 Å². The van der Waals surface area contributed by atoms with E-state index >= 15 is 0 Å². The van der Waals surface area contributed by atoms with E-state index in [0.29, 0.717) is 11.0 Å². The average Bonchev–Trinajstić information content (AvgIpc) is 2.84. The third-order valence-electron chi connectivity index (χ3n) is 6.32. The Morgan fingerprint density at radius 2 is 1.74 bits per heavy atom. The molecule has 0 bridgehead atoms. The van der Waals surface area contributed by atoms with Gasteiger partial charge < -0.3 is 29.6 Å². The van der Waals surface area contributed by atoms with E-state index in [-0.39, 0.29) is 24.3 Å². The molecule has 1 aliphatic rings. The molecule has 3 unspecified atom stereocenters. The maximum absolute atomic E-state index is 13.0. The average molecular weight is 472 g/mol. The van der Waals surface area contributed by atoms with E-state index in [1.54, 1.807) is 24.3 Å². The Kier molecular flexibility index (Phi) is 7.32. The Morgan fingerprint density at radius 3 is 2.44 bits per heavy atom. The molecule has 1 saturated heterocycles. The van der Waals surface area contributed by atoms with E-state index in [4.69, 9.17) is 14.0 Å². The van der Waals surface area contributed by atoms with Gasteiger partial charge in [0.25, 0.3) is 0 Å². The minimum atomic E-state index is -1.42. The lowest BCUT2D eigenvalue weighted by Gasteiger charge is -2.42. The summed E-state index contributed by atoms with van der Waals surface area (Å²) in [6.45, 7) is 1.64. The fraction of sp³-hybridized carbons (Fsp3) is 0.400. The van der Waals surface area contributed by atoms with Gasteiger partial charge in [-0.15, -0.1) is 0 Å². The number of aliphatic hydroxyl groups excluding tert-OH is 3. The first-order valence-electron chi connectivity index (χ1n) is 11.1. The third kappa shape index (κ3) is 4.58. The number of fused-ring (bicyclic) bond motifs is 1. The molecule has 1 fully saturated rings. The summed E-state index contributed by atoms with van der Waals surface area (Å²) in [5, 5.41) is 43.3. The standard InChI is InChI=1S/C25H29NO8/c1-14(26(32-2)24-23(30)22(29)18(27)13-33-24)12-17(15-8-4-3-5-9-15)20-21(28)16-10-6-7-11-19(16)34-25(20)31/h3-11,14,17-18,22-24,27-30H,12-13H2,1-2H3/t14?,17?,18-,22+,23+,24?/m1/s1. The summed E-state index contributed by atoms with van der Waals surface area (Å²) >= 11 is 0. The predicted octanol–water partition coefficient (Wildman–Crippen LogP) is 1.71. The second kappa shape index (κ2) is 10.2. The molecule has 2 heterocycles. The van der Waals surface area contributed by atoms with Crippen LogP contribution < -0.4 is 5.63 Å². The summed E-state index contributed by atoms with van der Waals surface area (Å²) in [4.78, 5) is 18.5. The Labute approximate surface area is 196 Å². The lowest BCUT2D eigenvalue weighted by molar-refractivity contribution is -0.318. The topological polar surface area (TPSA) is 133 Å². The van der Waals surface area contributed by atoms with Crippen molar-refractivity contribution in [2.75, 3.05) is 13.7 Å². The minimum Gasteiger partial charge on any atom is -0.507 e. The fourth-order valence-electron chi connectivity index (χ4n) is 4.56. The van der Waals surface area contributed by atoms with E-state index in [1.807, 2.05) is 37.3 Å². The number of para-hydroxylation sites is 1. The highest BCUT2D eigenvalue weighted by atomic mass is 16.7. The highest BCUT2D eigenvalue weighted by Crippen LogP contribution is 2.38. The molecule has 0 radical (unpaired) electrons. The van der Waals surface area contributed by atoms with Gasteiger partial charge in [0.2, 0.25) is 0 Å². The second-order valence-electron chi connectivity index (χ2n) is 8.51. The van der Waals surface area contributed by atoms with Gasteiger partial charge in [0.05, 0.1) is 24.7 Å². The highest BCUT2D eigenvalue weighted by Gasteiger charge is 2.43. The van der Waals surface area contributed by atoms with Crippen molar-refractivity contribution < 1.29 is 34.4 Å². The first kappa shape index (κ1) is 24.3. The maximum atomic E-state index is 13.0. The van der Waals surface area contributed by atoms with Crippen LogP contribution in [0.3, 0.4) is 0 Å². The molecular weight excluding hydrogens is 442 g/mol. The Morgan fingerprint density at radius 1 is 1.06 bits per heavy atom. The molecule has 182 valence electrons. The molecule has 3 aromatic rings. The van der Waals surface area contributed by atoms with Gasteiger partial charge in [0, 0.05) is 12.0 Å². The zero-order valence-corrected chi connectivity index (χ0v) is 18.9. The third-order valence-corrected chi connectivity index (χ3v) is 6.32. The number of benzene rings is 2. The molecule has 4 rings (SSSR count). The monoisotopic (exact) mass is 471 g/mol. The van der Waals surface area contributed by atoms with Crippen LogP contribution in [0.1, 0.15) is 30.4 Å². The first-order valence-corrected chi connectivity index (χ1v) is 11.1. The normalized spacial score (nSPS) is 24.9. The molecule has 6 atom stereocenters. The van der Waals surface area contributed by atoms with Crippen molar-refractivity contribution in [1.82, 2.24) is 5.06 Å². The summed E-state index contributed by atoms with van der Waals surface area (Å²) in [6.07, 6.45) is -4.79. The molecule has 4 N–H and O–H groups in total. The van der Waals surface area contributed by atoms with Crippen molar-refractivity contribution in [3.05, 3.63) is 76.1 Å².